The van der Waals surface area contributed by atoms with Gasteiger partial charge in [-0.25, -0.2) is 0 Å². The van der Waals surface area contributed by atoms with Crippen LogP contribution in [0.5, 0.6) is 0 Å². The number of amides is 2. The zero-order valence-electron chi connectivity index (χ0n) is 11.7. The topological polar surface area (TPSA) is 108 Å². The largest absolute Gasteiger partial charge is 0.480 e. The number of nitrogens with zero attached hydrogens (tertiary/aromatic N) is 1. The molecule has 1 aliphatic heterocycles. The number of carboxylic acids is 1. The highest BCUT2D eigenvalue weighted by molar-refractivity contribution is 5.87. The second-order valence-corrected chi connectivity index (χ2v) is 4.64. The Morgan fingerprint density at radius 2 is 2.30 bits per heavy atom. The SMILES string of the molecule is COCCCNC(=O)C(C)N1CC(=O)NCC1C(=O)O. The Morgan fingerprint density at radius 1 is 1.60 bits per heavy atom. The average molecular weight is 287 g/mol. The molecular formula is C12H21N3O5. The third-order valence-corrected chi connectivity index (χ3v) is 3.21. The van der Waals surface area contributed by atoms with Crippen LogP contribution < -0.4 is 10.6 Å². The number of aliphatic carboxylic acids is 1. The van der Waals surface area contributed by atoms with E-state index in [9.17, 15) is 14.4 Å². The van der Waals surface area contributed by atoms with Gasteiger partial charge < -0.3 is 20.5 Å². The predicted octanol–water partition coefficient (Wildman–Crippen LogP) is -1.59. The van der Waals surface area contributed by atoms with Gasteiger partial charge in [-0.15, -0.1) is 0 Å². The number of ether oxygens (including phenoxy) is 1. The van der Waals surface area contributed by atoms with Crippen molar-refractivity contribution in [3.63, 3.8) is 0 Å². The minimum Gasteiger partial charge on any atom is -0.480 e. The van der Waals surface area contributed by atoms with Gasteiger partial charge in [0.2, 0.25) is 11.8 Å². The van der Waals surface area contributed by atoms with Crippen molar-refractivity contribution in [1.82, 2.24) is 15.5 Å². The molecule has 8 nitrogen and oxygen atoms in total. The van der Waals surface area contributed by atoms with Crippen LogP contribution in [0.15, 0.2) is 0 Å². The molecule has 0 bridgehead atoms. The Bertz CT molecular complexity index is 374. The smallest absolute Gasteiger partial charge is 0.322 e. The normalized spacial score (nSPS) is 21.1. The van der Waals surface area contributed by atoms with Crippen molar-refractivity contribution < 1.29 is 24.2 Å². The molecule has 20 heavy (non-hydrogen) atoms. The molecule has 114 valence electrons. The summed E-state index contributed by atoms with van der Waals surface area (Å²) in [6.07, 6.45) is 0.678. The summed E-state index contributed by atoms with van der Waals surface area (Å²) in [6, 6.07) is -1.56. The molecule has 0 aliphatic carbocycles. The highest BCUT2D eigenvalue weighted by atomic mass is 16.5. The van der Waals surface area contributed by atoms with Crippen LogP contribution in [0.4, 0.5) is 0 Å². The first-order valence-electron chi connectivity index (χ1n) is 6.49. The van der Waals surface area contributed by atoms with Crippen molar-refractivity contribution in [3.8, 4) is 0 Å². The molecule has 0 aromatic heterocycles. The molecule has 2 atom stereocenters. The zero-order chi connectivity index (χ0) is 15.1. The molecule has 8 heteroatoms. The van der Waals surface area contributed by atoms with E-state index in [4.69, 9.17) is 9.84 Å². The number of rotatable bonds is 7. The van der Waals surface area contributed by atoms with E-state index in [2.05, 4.69) is 10.6 Å². The Kier molecular flexibility index (Phi) is 6.40. The van der Waals surface area contributed by atoms with Gasteiger partial charge in [0.1, 0.15) is 6.04 Å². The quantitative estimate of drug-likeness (QED) is 0.487. The molecular weight excluding hydrogens is 266 g/mol. The summed E-state index contributed by atoms with van der Waals surface area (Å²) in [4.78, 5) is 35.9. The first-order valence-corrected chi connectivity index (χ1v) is 6.49. The van der Waals surface area contributed by atoms with Crippen LogP contribution >= 0.6 is 0 Å². The molecule has 1 saturated heterocycles. The second kappa shape index (κ2) is 7.81. The second-order valence-electron chi connectivity index (χ2n) is 4.64. The fraction of sp³-hybridized carbons (Fsp3) is 0.750. The van der Waals surface area contributed by atoms with Gasteiger partial charge in [-0.3, -0.25) is 19.3 Å². The van der Waals surface area contributed by atoms with Crippen LogP contribution in [-0.4, -0.2) is 73.2 Å². The van der Waals surface area contributed by atoms with E-state index in [-0.39, 0.29) is 24.9 Å². The van der Waals surface area contributed by atoms with E-state index >= 15 is 0 Å². The van der Waals surface area contributed by atoms with Crippen LogP contribution in [-0.2, 0) is 19.1 Å². The number of hydrogen-bond donors (Lipinski definition) is 3. The maximum absolute atomic E-state index is 12.0. The van der Waals surface area contributed by atoms with E-state index < -0.39 is 18.1 Å². The van der Waals surface area contributed by atoms with Crippen molar-refractivity contribution in [2.75, 3.05) is 33.4 Å². The molecule has 3 N–H and O–H groups in total. The maximum atomic E-state index is 12.0. The van der Waals surface area contributed by atoms with Crippen LogP contribution in [0.1, 0.15) is 13.3 Å². The first-order chi connectivity index (χ1) is 9.47. The van der Waals surface area contributed by atoms with E-state index in [0.717, 1.165) is 0 Å². The van der Waals surface area contributed by atoms with Gasteiger partial charge in [0.25, 0.3) is 0 Å². The van der Waals surface area contributed by atoms with Gasteiger partial charge in [-0.1, -0.05) is 0 Å². The third-order valence-electron chi connectivity index (χ3n) is 3.21. The van der Waals surface area contributed by atoms with Crippen LogP contribution in [0.2, 0.25) is 0 Å². The van der Waals surface area contributed by atoms with Crippen LogP contribution in [0, 0.1) is 0 Å². The molecule has 1 fully saturated rings. The highest BCUT2D eigenvalue weighted by Crippen LogP contribution is 2.10. The van der Waals surface area contributed by atoms with Gasteiger partial charge in [-0.2, -0.15) is 0 Å². The Labute approximate surface area is 117 Å². The first kappa shape index (κ1) is 16.4. The minimum absolute atomic E-state index is 0.00939. The summed E-state index contributed by atoms with van der Waals surface area (Å²) >= 11 is 0. The number of carboxylic acid groups (broad SMARTS) is 1. The molecule has 0 radical (unpaired) electrons. The van der Waals surface area contributed by atoms with Crippen molar-refractivity contribution in [2.24, 2.45) is 0 Å². The fourth-order valence-corrected chi connectivity index (χ4v) is 2.02. The number of methoxy groups -OCH3 is 1. The summed E-state index contributed by atoms with van der Waals surface area (Å²) in [5.41, 5.74) is 0. The molecule has 1 heterocycles. The Balaban J connectivity index is 2.57. The third kappa shape index (κ3) is 4.46. The molecule has 1 aliphatic rings. The molecule has 2 unspecified atom stereocenters. The number of nitrogens with one attached hydrogen (secondary N) is 2. The summed E-state index contributed by atoms with van der Waals surface area (Å²) in [7, 11) is 1.58. The molecule has 0 saturated carbocycles. The fourth-order valence-electron chi connectivity index (χ4n) is 2.02. The summed E-state index contributed by atoms with van der Waals surface area (Å²) in [5.74, 6) is -1.62. The van der Waals surface area contributed by atoms with Gasteiger partial charge >= 0.3 is 5.97 Å². The Morgan fingerprint density at radius 3 is 2.90 bits per heavy atom. The standard InChI is InChI=1S/C12H21N3O5/c1-8(11(17)13-4-3-5-20-2)15-7-10(16)14-6-9(15)12(18)19/h8-9H,3-7H2,1-2H3,(H,13,17)(H,14,16)(H,18,19). The van der Waals surface area contributed by atoms with Crippen LogP contribution in [0.25, 0.3) is 0 Å². The van der Waals surface area contributed by atoms with Crippen molar-refractivity contribution in [3.05, 3.63) is 0 Å². The van der Waals surface area contributed by atoms with Gasteiger partial charge in [0.15, 0.2) is 0 Å². The zero-order valence-corrected chi connectivity index (χ0v) is 11.7. The molecule has 0 aromatic rings. The van der Waals surface area contributed by atoms with E-state index in [1.165, 1.54) is 4.90 Å². The van der Waals surface area contributed by atoms with E-state index in [1.54, 1.807) is 14.0 Å². The lowest BCUT2D eigenvalue weighted by Crippen LogP contribution is -2.62. The van der Waals surface area contributed by atoms with Gasteiger partial charge in [0, 0.05) is 26.8 Å². The van der Waals surface area contributed by atoms with Crippen molar-refractivity contribution >= 4 is 17.8 Å². The number of carbonyl (C=O) groups is 3. The van der Waals surface area contributed by atoms with E-state index in [0.29, 0.717) is 19.6 Å². The lowest BCUT2D eigenvalue weighted by molar-refractivity contribution is -0.148. The minimum atomic E-state index is -1.05. The monoisotopic (exact) mass is 287 g/mol. The number of hydrogen-bond acceptors (Lipinski definition) is 5. The molecule has 0 spiro atoms. The summed E-state index contributed by atoms with van der Waals surface area (Å²) < 4.78 is 4.87. The number of piperazine rings is 1. The van der Waals surface area contributed by atoms with Crippen LogP contribution in [0.3, 0.4) is 0 Å². The lowest BCUT2D eigenvalue weighted by Gasteiger charge is -2.36. The van der Waals surface area contributed by atoms with Gasteiger partial charge in [-0.05, 0) is 13.3 Å². The summed E-state index contributed by atoms with van der Waals surface area (Å²) in [5, 5.41) is 14.3. The van der Waals surface area contributed by atoms with Gasteiger partial charge in [0.05, 0.1) is 12.6 Å². The number of carbonyl (C=O) groups excluding carboxylic acids is 2. The molecule has 0 aromatic carbocycles. The lowest BCUT2D eigenvalue weighted by atomic mass is 10.1. The molecule has 2 amide bonds. The van der Waals surface area contributed by atoms with Crippen molar-refractivity contribution in [2.45, 2.75) is 25.4 Å². The highest BCUT2D eigenvalue weighted by Gasteiger charge is 2.37. The molecule has 1 rings (SSSR count). The maximum Gasteiger partial charge on any atom is 0.322 e. The van der Waals surface area contributed by atoms with Crippen molar-refractivity contribution in [1.29, 1.82) is 0 Å². The Hall–Kier alpha value is -1.67. The summed E-state index contributed by atoms with van der Waals surface area (Å²) in [6.45, 7) is 2.51. The van der Waals surface area contributed by atoms with E-state index in [1.807, 2.05) is 0 Å². The average Bonchev–Trinajstić information content (AvgIpc) is 2.42. The predicted molar refractivity (Wildman–Crippen MR) is 70.1 cm³/mol.